The Labute approximate surface area is 306 Å². The molecule has 2 N–H and O–H groups in total. The second-order valence-electron chi connectivity index (χ2n) is 12.6. The maximum atomic E-state index is 15.1. The van der Waals surface area contributed by atoms with Crippen LogP contribution < -0.4 is 4.74 Å². The number of urea groups is 1. The fourth-order valence-corrected chi connectivity index (χ4v) is 8.05. The van der Waals surface area contributed by atoms with E-state index in [4.69, 9.17) is 44.5 Å². The number of halogens is 3. The van der Waals surface area contributed by atoms with E-state index >= 15 is 4.79 Å². The molecular formula is C35H39Cl3N4O7S. The Morgan fingerprint density at radius 2 is 1.60 bits per heavy atom. The van der Waals surface area contributed by atoms with E-state index in [1.807, 2.05) is 26.0 Å². The Balaban J connectivity index is 1.74. The summed E-state index contributed by atoms with van der Waals surface area (Å²) in [5.41, 5.74) is -0.962. The number of ether oxygens (including phenoxy) is 1. The van der Waals surface area contributed by atoms with Crippen molar-refractivity contribution in [3.63, 3.8) is 0 Å². The summed E-state index contributed by atoms with van der Waals surface area (Å²) >= 11 is 19.1. The minimum absolute atomic E-state index is 0.0508. The second-order valence-corrected chi connectivity index (χ2v) is 15.9. The summed E-state index contributed by atoms with van der Waals surface area (Å²) in [5.74, 6) is -0.0126. The van der Waals surface area contributed by atoms with Gasteiger partial charge in [0.1, 0.15) is 29.2 Å². The van der Waals surface area contributed by atoms with Gasteiger partial charge in [-0.3, -0.25) is 14.7 Å². The molecule has 15 heteroatoms. The molecule has 1 fully saturated rings. The van der Waals surface area contributed by atoms with Crippen molar-refractivity contribution >= 4 is 62.4 Å². The number of carbonyl (C=O) groups is 2. The van der Waals surface area contributed by atoms with Gasteiger partial charge in [-0.2, -0.15) is 0 Å². The lowest BCUT2D eigenvalue weighted by molar-refractivity contribution is -0.135. The van der Waals surface area contributed by atoms with Crippen LogP contribution in [-0.2, 0) is 25.7 Å². The highest BCUT2D eigenvalue weighted by atomic mass is 35.5. The Hall–Kier alpha value is -3.39. The molecule has 50 heavy (non-hydrogen) atoms. The van der Waals surface area contributed by atoms with Crippen LogP contribution >= 0.6 is 34.8 Å². The molecular weight excluding hydrogens is 727 g/mol. The number of benzene rings is 3. The number of amides is 3. The van der Waals surface area contributed by atoms with Crippen molar-refractivity contribution in [3.05, 3.63) is 92.4 Å². The third-order valence-electron chi connectivity index (χ3n) is 9.45. The second kappa shape index (κ2) is 14.7. The highest BCUT2D eigenvalue weighted by molar-refractivity contribution is 7.90. The van der Waals surface area contributed by atoms with Crippen LogP contribution in [0.3, 0.4) is 0 Å². The third kappa shape index (κ3) is 7.06. The number of amidine groups is 1. The number of aliphatic imine (C=N–C) groups is 1. The number of piperazine rings is 1. The first-order chi connectivity index (χ1) is 23.5. The molecule has 0 radical (unpaired) electrons. The van der Waals surface area contributed by atoms with Crippen LogP contribution in [0.15, 0.2) is 70.6 Å². The van der Waals surface area contributed by atoms with Gasteiger partial charge in [0.2, 0.25) is 5.91 Å². The van der Waals surface area contributed by atoms with E-state index in [0.29, 0.717) is 21.2 Å². The maximum absolute atomic E-state index is 15.1. The predicted octanol–water partition coefficient (Wildman–Crippen LogP) is 5.35. The van der Waals surface area contributed by atoms with Gasteiger partial charge in [0.25, 0.3) is 0 Å². The topological polar surface area (TPSA) is 140 Å². The molecule has 2 heterocycles. The zero-order valence-corrected chi connectivity index (χ0v) is 31.2. The molecule has 1 saturated heterocycles. The van der Waals surface area contributed by atoms with Gasteiger partial charge in [-0.15, -0.1) is 0 Å². The first-order valence-corrected chi connectivity index (χ1v) is 19.0. The van der Waals surface area contributed by atoms with E-state index in [1.54, 1.807) is 48.2 Å². The van der Waals surface area contributed by atoms with Gasteiger partial charge in [-0.25, -0.2) is 13.2 Å². The van der Waals surface area contributed by atoms with Crippen molar-refractivity contribution in [2.75, 3.05) is 45.6 Å². The van der Waals surface area contributed by atoms with Crippen molar-refractivity contribution in [2.24, 2.45) is 4.99 Å². The molecule has 0 saturated carbocycles. The highest BCUT2D eigenvalue weighted by Crippen LogP contribution is 2.54. The highest BCUT2D eigenvalue weighted by Gasteiger charge is 2.60. The smallest absolute Gasteiger partial charge is 0.327 e. The molecule has 3 aromatic carbocycles. The SMILES string of the molecule is CCOc1cc(Cl)c(S(C)(=O)=O)cc1C1=N[C@@](C)(c2ccc(Cl)cc2)[C@@](C)(c2ccc(Cl)cc2)N1C(=O)N1CCN(CCC(O)CO)C(=O)C1. The summed E-state index contributed by atoms with van der Waals surface area (Å²) in [6.07, 6.45) is 0.261. The molecule has 3 aromatic rings. The molecule has 2 aliphatic rings. The summed E-state index contributed by atoms with van der Waals surface area (Å²) in [6.45, 7) is 5.59. The van der Waals surface area contributed by atoms with Gasteiger partial charge in [-0.1, -0.05) is 59.1 Å². The van der Waals surface area contributed by atoms with Gasteiger partial charge in [0, 0.05) is 42.0 Å². The standard InChI is InChI=1S/C35H39Cl3N4O7S/c1-5-49-29-19-28(38)30(50(4,47)48)18-27(29)32-39-34(2,22-6-10-24(36)11-7-22)35(3,23-8-12-25(37)13-9-23)42(32)33(46)41-17-16-40(31(45)20-41)15-14-26(44)21-43/h6-13,18-19,26,43-44H,5,14-17,20-21H2,1-4H3/t26?,34-,35+/m0/s1. The Kier molecular flexibility index (Phi) is 11.1. The van der Waals surface area contributed by atoms with E-state index in [9.17, 15) is 23.4 Å². The maximum Gasteiger partial charge on any atom is 0.327 e. The number of aliphatic hydroxyl groups excluding tert-OH is 2. The first kappa shape index (κ1) is 37.9. The summed E-state index contributed by atoms with van der Waals surface area (Å²) in [5, 5.41) is 20.0. The van der Waals surface area contributed by atoms with Crippen LogP contribution in [0, 0.1) is 0 Å². The van der Waals surface area contributed by atoms with Crippen LogP contribution in [0.25, 0.3) is 0 Å². The lowest BCUT2D eigenvalue weighted by atomic mass is 9.71. The number of hydrogen-bond donors (Lipinski definition) is 2. The van der Waals surface area contributed by atoms with Gasteiger partial charge in [0.15, 0.2) is 9.84 Å². The third-order valence-corrected chi connectivity index (χ3v) is 11.5. The zero-order valence-electron chi connectivity index (χ0n) is 28.1. The van der Waals surface area contributed by atoms with Gasteiger partial charge < -0.3 is 24.7 Å². The van der Waals surface area contributed by atoms with E-state index in [1.165, 1.54) is 21.9 Å². The van der Waals surface area contributed by atoms with Crippen LogP contribution in [-0.4, -0.2) is 103 Å². The number of sulfone groups is 1. The molecule has 11 nitrogen and oxygen atoms in total. The molecule has 3 atom stereocenters. The molecule has 0 aliphatic carbocycles. The Morgan fingerprint density at radius 3 is 2.14 bits per heavy atom. The van der Waals surface area contributed by atoms with Crippen molar-refractivity contribution in [1.29, 1.82) is 0 Å². The van der Waals surface area contributed by atoms with Crippen LogP contribution in [0.1, 0.15) is 43.9 Å². The lowest BCUT2D eigenvalue weighted by Gasteiger charge is -2.47. The van der Waals surface area contributed by atoms with Crippen LogP contribution in [0.4, 0.5) is 4.79 Å². The van der Waals surface area contributed by atoms with Crippen molar-refractivity contribution in [3.8, 4) is 5.75 Å². The van der Waals surface area contributed by atoms with Gasteiger partial charge in [0.05, 0.1) is 34.8 Å². The zero-order chi connectivity index (χ0) is 36.6. The van der Waals surface area contributed by atoms with E-state index in [-0.39, 0.29) is 72.2 Å². The number of hydrogen-bond acceptors (Lipinski definition) is 8. The summed E-state index contributed by atoms with van der Waals surface area (Å²) in [4.78, 5) is 38.0. The summed E-state index contributed by atoms with van der Waals surface area (Å²) in [7, 11) is -3.84. The fraction of sp³-hybridized carbons (Fsp3) is 0.400. The molecule has 3 amide bonds. The molecule has 0 spiro atoms. The van der Waals surface area contributed by atoms with Crippen molar-refractivity contribution < 1.29 is 33.0 Å². The molecule has 0 aromatic heterocycles. The lowest BCUT2D eigenvalue weighted by Crippen LogP contribution is -2.61. The number of aliphatic hydroxyl groups is 2. The fourth-order valence-electron chi connectivity index (χ4n) is 6.48. The molecule has 1 unspecified atom stereocenters. The quantitative estimate of drug-likeness (QED) is 0.284. The van der Waals surface area contributed by atoms with Crippen molar-refractivity contribution in [2.45, 2.75) is 49.3 Å². The van der Waals surface area contributed by atoms with Crippen LogP contribution in [0.2, 0.25) is 15.1 Å². The van der Waals surface area contributed by atoms with E-state index < -0.39 is 39.7 Å². The number of rotatable bonds is 10. The average Bonchev–Trinajstić information content (AvgIpc) is 3.31. The summed E-state index contributed by atoms with van der Waals surface area (Å²) < 4.78 is 31.9. The minimum Gasteiger partial charge on any atom is -0.493 e. The number of nitrogens with zero attached hydrogens (tertiary/aromatic N) is 4. The monoisotopic (exact) mass is 764 g/mol. The molecule has 268 valence electrons. The van der Waals surface area contributed by atoms with Crippen LogP contribution in [0.5, 0.6) is 5.75 Å². The van der Waals surface area contributed by atoms with Gasteiger partial charge in [-0.05, 0) is 68.7 Å². The average molecular weight is 766 g/mol. The van der Waals surface area contributed by atoms with E-state index in [0.717, 1.165) is 6.26 Å². The summed E-state index contributed by atoms with van der Waals surface area (Å²) in [6, 6.07) is 16.3. The predicted molar refractivity (Wildman–Crippen MR) is 193 cm³/mol. The minimum atomic E-state index is -3.84. The normalized spacial score (nSPS) is 21.7. The van der Waals surface area contributed by atoms with Crippen molar-refractivity contribution in [1.82, 2.24) is 14.7 Å². The van der Waals surface area contributed by atoms with Gasteiger partial charge >= 0.3 is 6.03 Å². The largest absolute Gasteiger partial charge is 0.493 e. The Morgan fingerprint density at radius 1 is 1.00 bits per heavy atom. The number of carbonyl (C=O) groups excluding carboxylic acids is 2. The Bertz CT molecular complexity index is 1910. The van der Waals surface area contributed by atoms with E-state index in [2.05, 4.69) is 0 Å². The molecule has 2 aliphatic heterocycles. The molecule has 0 bridgehead atoms. The first-order valence-electron chi connectivity index (χ1n) is 16.0. The molecule has 5 rings (SSSR count).